The fourth-order valence-electron chi connectivity index (χ4n) is 1.69. The zero-order valence-electron chi connectivity index (χ0n) is 9.71. The van der Waals surface area contributed by atoms with Crippen LogP contribution >= 0.6 is 39.0 Å². The zero-order chi connectivity index (χ0) is 13.2. The van der Waals surface area contributed by atoms with Crippen LogP contribution in [0.25, 0.3) is 11.2 Å². The molecular formula is C11H10BrN5S2. The first-order valence-corrected chi connectivity index (χ1v) is 8.03. The van der Waals surface area contributed by atoms with E-state index in [4.69, 9.17) is 5.73 Å². The summed E-state index contributed by atoms with van der Waals surface area (Å²) in [5, 5.41) is 1.06. The number of hydrogen-bond donors (Lipinski definition) is 2. The van der Waals surface area contributed by atoms with Crippen LogP contribution in [0.15, 0.2) is 33.6 Å². The van der Waals surface area contributed by atoms with Crippen LogP contribution in [0.5, 0.6) is 0 Å². The molecule has 0 aliphatic rings. The van der Waals surface area contributed by atoms with Crippen LogP contribution in [0.2, 0.25) is 0 Å². The van der Waals surface area contributed by atoms with Crippen molar-refractivity contribution < 1.29 is 0 Å². The van der Waals surface area contributed by atoms with Gasteiger partial charge in [0.05, 0.1) is 15.4 Å². The third kappa shape index (κ3) is 2.66. The molecule has 0 aliphatic heterocycles. The molecular weight excluding hydrogens is 346 g/mol. The number of nitrogens with two attached hydrogens (primary N) is 1. The van der Waals surface area contributed by atoms with E-state index in [1.807, 2.05) is 6.07 Å². The first-order chi connectivity index (χ1) is 9.28. The first kappa shape index (κ1) is 13.0. The van der Waals surface area contributed by atoms with E-state index in [1.54, 1.807) is 29.4 Å². The molecule has 98 valence electrons. The summed E-state index contributed by atoms with van der Waals surface area (Å²) >= 11 is 6.80. The van der Waals surface area contributed by atoms with Crippen molar-refractivity contribution in [3.8, 4) is 0 Å². The number of hydrogen-bond acceptors (Lipinski definition) is 6. The minimum Gasteiger partial charge on any atom is -0.341 e. The number of H-pyrrole nitrogens is 1. The standard InChI is InChI=1S/C11H10BrN5S2/c12-8-2-1-6(18-8)7(3-13)19-11-9-10(15-4-14-9)16-5-17-11/h1-2,4-5,7H,3,13H2,(H,14,15,16,17). The van der Waals surface area contributed by atoms with E-state index >= 15 is 0 Å². The second-order valence-electron chi connectivity index (χ2n) is 3.76. The van der Waals surface area contributed by atoms with Crippen LogP contribution in [0.1, 0.15) is 10.1 Å². The first-order valence-electron chi connectivity index (χ1n) is 5.54. The van der Waals surface area contributed by atoms with Gasteiger partial charge in [-0.05, 0) is 28.1 Å². The molecule has 1 unspecified atom stereocenters. The number of aromatic nitrogens is 4. The fraction of sp³-hybridized carbons (Fsp3) is 0.182. The molecule has 0 saturated heterocycles. The van der Waals surface area contributed by atoms with Gasteiger partial charge < -0.3 is 10.7 Å². The van der Waals surface area contributed by atoms with Gasteiger partial charge in [0.25, 0.3) is 0 Å². The van der Waals surface area contributed by atoms with Crippen molar-refractivity contribution in [2.45, 2.75) is 10.3 Å². The van der Waals surface area contributed by atoms with Crippen molar-refractivity contribution in [3.05, 3.63) is 33.5 Å². The molecule has 0 aromatic carbocycles. The van der Waals surface area contributed by atoms with Gasteiger partial charge in [0, 0.05) is 11.4 Å². The lowest BCUT2D eigenvalue weighted by Crippen LogP contribution is -2.08. The largest absolute Gasteiger partial charge is 0.341 e. The van der Waals surface area contributed by atoms with Crippen LogP contribution in [-0.4, -0.2) is 26.5 Å². The van der Waals surface area contributed by atoms with Crippen molar-refractivity contribution in [1.29, 1.82) is 0 Å². The van der Waals surface area contributed by atoms with Crippen molar-refractivity contribution in [3.63, 3.8) is 0 Å². The number of halogens is 1. The Labute approximate surface area is 126 Å². The summed E-state index contributed by atoms with van der Waals surface area (Å²) in [6.07, 6.45) is 3.16. The smallest absolute Gasteiger partial charge is 0.181 e. The lowest BCUT2D eigenvalue weighted by atomic mass is 10.3. The maximum Gasteiger partial charge on any atom is 0.181 e. The normalized spacial score (nSPS) is 12.9. The minimum absolute atomic E-state index is 0.178. The summed E-state index contributed by atoms with van der Waals surface area (Å²) in [7, 11) is 0. The molecule has 0 radical (unpaired) electrons. The summed E-state index contributed by atoms with van der Waals surface area (Å²) in [4.78, 5) is 16.9. The van der Waals surface area contributed by atoms with Crippen LogP contribution in [0, 0.1) is 0 Å². The number of rotatable bonds is 4. The van der Waals surface area contributed by atoms with E-state index in [0.29, 0.717) is 12.2 Å². The molecule has 8 heteroatoms. The van der Waals surface area contributed by atoms with E-state index in [1.165, 1.54) is 11.2 Å². The Morgan fingerprint density at radius 2 is 2.26 bits per heavy atom. The minimum atomic E-state index is 0.178. The third-order valence-corrected chi connectivity index (χ3v) is 5.72. The van der Waals surface area contributed by atoms with Gasteiger partial charge >= 0.3 is 0 Å². The predicted molar refractivity (Wildman–Crippen MR) is 81.4 cm³/mol. The van der Waals surface area contributed by atoms with Gasteiger partial charge in [-0.15, -0.1) is 11.3 Å². The molecule has 3 aromatic rings. The fourth-order valence-corrected chi connectivity index (χ4v) is 4.33. The van der Waals surface area contributed by atoms with Gasteiger partial charge in [-0.3, -0.25) is 0 Å². The highest BCUT2D eigenvalue weighted by Crippen LogP contribution is 2.39. The molecule has 3 heterocycles. The number of thiophene rings is 1. The molecule has 0 aliphatic carbocycles. The topological polar surface area (TPSA) is 80.5 Å². The molecule has 1 atom stereocenters. The average molecular weight is 356 g/mol. The van der Waals surface area contributed by atoms with Gasteiger partial charge in [0.1, 0.15) is 16.9 Å². The Balaban J connectivity index is 1.92. The highest BCUT2D eigenvalue weighted by molar-refractivity contribution is 9.11. The highest BCUT2D eigenvalue weighted by Gasteiger charge is 2.17. The number of nitrogens with zero attached hydrogens (tertiary/aromatic N) is 3. The summed E-state index contributed by atoms with van der Waals surface area (Å²) in [5.41, 5.74) is 7.43. The number of aromatic amines is 1. The van der Waals surface area contributed by atoms with Crippen molar-refractivity contribution >= 4 is 50.2 Å². The molecule has 0 fully saturated rings. The van der Waals surface area contributed by atoms with Gasteiger partial charge in [-0.25, -0.2) is 15.0 Å². The lowest BCUT2D eigenvalue weighted by Gasteiger charge is -2.11. The molecule has 3 rings (SSSR count). The van der Waals surface area contributed by atoms with Crippen LogP contribution < -0.4 is 5.73 Å². The predicted octanol–water partition coefficient (Wildman–Crippen LogP) is 2.97. The van der Waals surface area contributed by atoms with Gasteiger partial charge in [0.2, 0.25) is 0 Å². The maximum atomic E-state index is 5.88. The van der Waals surface area contributed by atoms with Gasteiger partial charge in [0.15, 0.2) is 5.65 Å². The molecule has 0 spiro atoms. The zero-order valence-corrected chi connectivity index (χ0v) is 12.9. The van der Waals surface area contributed by atoms with Crippen LogP contribution in [-0.2, 0) is 0 Å². The van der Waals surface area contributed by atoms with Gasteiger partial charge in [-0.1, -0.05) is 11.8 Å². The second kappa shape index (κ2) is 5.58. The third-order valence-electron chi connectivity index (χ3n) is 2.57. The van der Waals surface area contributed by atoms with Gasteiger partial charge in [-0.2, -0.15) is 0 Å². The highest BCUT2D eigenvalue weighted by atomic mass is 79.9. The SMILES string of the molecule is NCC(Sc1ncnc2nc[nH]c12)c1ccc(Br)s1. The molecule has 0 bridgehead atoms. The van der Waals surface area contributed by atoms with E-state index in [-0.39, 0.29) is 5.25 Å². The number of imidazole rings is 1. The Kier molecular flexibility index (Phi) is 3.83. The maximum absolute atomic E-state index is 5.88. The van der Waals surface area contributed by atoms with Crippen LogP contribution in [0.4, 0.5) is 0 Å². The number of fused-ring (bicyclic) bond motifs is 1. The molecule has 19 heavy (non-hydrogen) atoms. The van der Waals surface area contributed by atoms with E-state index in [9.17, 15) is 0 Å². The van der Waals surface area contributed by atoms with Crippen molar-refractivity contribution in [2.75, 3.05) is 6.54 Å². The van der Waals surface area contributed by atoms with E-state index in [0.717, 1.165) is 14.3 Å². The summed E-state index contributed by atoms with van der Waals surface area (Å²) < 4.78 is 1.11. The Hall–Kier alpha value is -0.960. The van der Waals surface area contributed by atoms with Crippen LogP contribution in [0.3, 0.4) is 0 Å². The summed E-state index contributed by atoms with van der Waals surface area (Å²) in [6, 6.07) is 4.12. The van der Waals surface area contributed by atoms with Crippen molar-refractivity contribution in [1.82, 2.24) is 19.9 Å². The summed E-state index contributed by atoms with van der Waals surface area (Å²) in [5.74, 6) is 0. The second-order valence-corrected chi connectivity index (χ2v) is 7.45. The molecule has 3 aromatic heterocycles. The summed E-state index contributed by atoms with van der Waals surface area (Å²) in [6.45, 7) is 0.553. The number of nitrogens with one attached hydrogen (secondary N) is 1. The lowest BCUT2D eigenvalue weighted by molar-refractivity contribution is 0.952. The Morgan fingerprint density at radius 3 is 3.00 bits per heavy atom. The monoisotopic (exact) mass is 355 g/mol. The number of thioether (sulfide) groups is 1. The average Bonchev–Trinajstić information content (AvgIpc) is 3.04. The van der Waals surface area contributed by atoms with E-state index in [2.05, 4.69) is 41.9 Å². The molecule has 0 amide bonds. The quantitative estimate of drug-likeness (QED) is 0.555. The Morgan fingerprint density at radius 1 is 1.37 bits per heavy atom. The molecule has 3 N–H and O–H groups in total. The van der Waals surface area contributed by atoms with Crippen molar-refractivity contribution in [2.24, 2.45) is 5.73 Å². The Bertz CT molecular complexity index is 695. The molecule has 5 nitrogen and oxygen atoms in total. The molecule has 0 saturated carbocycles. The van der Waals surface area contributed by atoms with E-state index < -0.39 is 0 Å².